The number of carbonyl (C=O) groups excluding carboxylic acids is 1. The van der Waals surface area contributed by atoms with Gasteiger partial charge in [-0.1, -0.05) is 25.4 Å². The lowest BCUT2D eigenvalue weighted by Gasteiger charge is -2.24. The molecular formula is C13H26N4O2. The van der Waals surface area contributed by atoms with Gasteiger partial charge in [-0.05, 0) is 32.4 Å². The number of hydrogen-bond acceptors (Lipinski definition) is 4. The second-order valence-electron chi connectivity index (χ2n) is 5.04. The second kappa shape index (κ2) is 7.99. The quantitative estimate of drug-likeness (QED) is 0.275. The van der Waals surface area contributed by atoms with Crippen LogP contribution in [0.5, 0.6) is 0 Å². The Hall–Kier alpha value is -1.30. The molecule has 1 amide bonds. The molecule has 0 bridgehead atoms. The van der Waals surface area contributed by atoms with Crippen molar-refractivity contribution in [1.29, 1.82) is 0 Å². The van der Waals surface area contributed by atoms with E-state index in [0.717, 1.165) is 25.9 Å². The molecule has 1 aliphatic heterocycles. The van der Waals surface area contributed by atoms with Gasteiger partial charge in [-0.2, -0.15) is 0 Å². The molecule has 0 aromatic rings. The Morgan fingerprint density at radius 3 is 2.89 bits per heavy atom. The molecular weight excluding hydrogens is 244 g/mol. The van der Waals surface area contributed by atoms with Crippen LogP contribution in [0, 0.1) is 5.92 Å². The van der Waals surface area contributed by atoms with Gasteiger partial charge in [-0.15, -0.1) is 0 Å². The Morgan fingerprint density at radius 1 is 1.58 bits per heavy atom. The molecule has 2 unspecified atom stereocenters. The topological polar surface area (TPSA) is 91.0 Å². The molecule has 19 heavy (non-hydrogen) atoms. The fraction of sp³-hybridized carbons (Fsp3) is 0.846. The van der Waals surface area contributed by atoms with Crippen molar-refractivity contribution in [2.24, 2.45) is 16.8 Å². The van der Waals surface area contributed by atoms with Crippen LogP contribution < -0.4 is 11.1 Å². The predicted octanol–water partition coefficient (Wildman–Crippen LogP) is 0.750. The van der Waals surface area contributed by atoms with Crippen LogP contribution in [-0.4, -0.2) is 47.5 Å². The molecule has 6 nitrogen and oxygen atoms in total. The third-order valence-corrected chi connectivity index (χ3v) is 3.78. The summed E-state index contributed by atoms with van der Waals surface area (Å²) in [7, 11) is 0. The smallest absolute Gasteiger partial charge is 0.230 e. The van der Waals surface area contributed by atoms with Crippen molar-refractivity contribution in [2.75, 3.05) is 19.6 Å². The van der Waals surface area contributed by atoms with E-state index < -0.39 is 5.92 Å². The molecule has 1 aliphatic rings. The SMILES string of the molecule is CCCC(C(=O)NCC1CCCN1CC)C(N)=NO. The van der Waals surface area contributed by atoms with Gasteiger partial charge in [0.05, 0.1) is 5.92 Å². The molecule has 1 fully saturated rings. The highest BCUT2D eigenvalue weighted by Crippen LogP contribution is 2.16. The normalized spacial score (nSPS) is 22.4. The van der Waals surface area contributed by atoms with Gasteiger partial charge in [0.1, 0.15) is 0 Å². The number of carbonyl (C=O) groups is 1. The maximum atomic E-state index is 12.1. The van der Waals surface area contributed by atoms with Crippen LogP contribution in [0.1, 0.15) is 39.5 Å². The maximum Gasteiger partial charge on any atom is 0.230 e. The Morgan fingerprint density at radius 2 is 2.32 bits per heavy atom. The fourth-order valence-corrected chi connectivity index (χ4v) is 2.66. The van der Waals surface area contributed by atoms with E-state index in [2.05, 4.69) is 22.3 Å². The summed E-state index contributed by atoms with van der Waals surface area (Å²) >= 11 is 0. The predicted molar refractivity (Wildman–Crippen MR) is 75.1 cm³/mol. The van der Waals surface area contributed by atoms with Crippen molar-refractivity contribution < 1.29 is 10.0 Å². The highest BCUT2D eigenvalue weighted by atomic mass is 16.4. The summed E-state index contributed by atoms with van der Waals surface area (Å²) in [6.45, 7) is 6.87. The summed E-state index contributed by atoms with van der Waals surface area (Å²) in [6, 6.07) is 0.420. The second-order valence-corrected chi connectivity index (χ2v) is 5.04. The van der Waals surface area contributed by atoms with Crippen LogP contribution in [0.4, 0.5) is 0 Å². The Balaban J connectivity index is 2.48. The van der Waals surface area contributed by atoms with Gasteiger partial charge >= 0.3 is 0 Å². The molecule has 4 N–H and O–H groups in total. The molecule has 0 spiro atoms. The minimum atomic E-state index is -0.522. The average molecular weight is 270 g/mol. The summed E-state index contributed by atoms with van der Waals surface area (Å²) < 4.78 is 0. The van der Waals surface area contributed by atoms with Crippen molar-refractivity contribution >= 4 is 11.7 Å². The lowest BCUT2D eigenvalue weighted by Crippen LogP contribution is -2.44. The third kappa shape index (κ3) is 4.38. The first-order valence-corrected chi connectivity index (χ1v) is 7.13. The molecule has 0 saturated carbocycles. The van der Waals surface area contributed by atoms with E-state index >= 15 is 0 Å². The number of oxime groups is 1. The Kier molecular flexibility index (Phi) is 6.62. The van der Waals surface area contributed by atoms with Crippen LogP contribution in [-0.2, 0) is 4.79 Å². The first-order valence-electron chi connectivity index (χ1n) is 7.13. The number of nitrogens with zero attached hydrogens (tertiary/aromatic N) is 2. The minimum absolute atomic E-state index is 0.00174. The summed E-state index contributed by atoms with van der Waals surface area (Å²) in [5.41, 5.74) is 5.57. The van der Waals surface area contributed by atoms with E-state index in [1.807, 2.05) is 6.92 Å². The number of amidine groups is 1. The molecule has 2 atom stereocenters. The summed E-state index contributed by atoms with van der Waals surface area (Å²) in [5.74, 6) is -0.662. The number of likely N-dealkylation sites (tertiary alicyclic amines) is 1. The monoisotopic (exact) mass is 270 g/mol. The first-order chi connectivity index (χ1) is 9.13. The van der Waals surface area contributed by atoms with Gasteiger partial charge in [0.25, 0.3) is 0 Å². The Bertz CT molecular complexity index is 320. The number of amides is 1. The lowest BCUT2D eigenvalue weighted by atomic mass is 10.0. The van der Waals surface area contributed by atoms with Gasteiger partial charge in [-0.25, -0.2) is 0 Å². The van der Waals surface area contributed by atoms with Crippen molar-refractivity contribution in [1.82, 2.24) is 10.2 Å². The summed E-state index contributed by atoms with van der Waals surface area (Å²) in [4.78, 5) is 14.5. The highest BCUT2D eigenvalue weighted by molar-refractivity contribution is 6.02. The van der Waals surface area contributed by atoms with Gasteiger partial charge in [0, 0.05) is 12.6 Å². The van der Waals surface area contributed by atoms with Gasteiger partial charge < -0.3 is 16.3 Å². The average Bonchev–Trinajstić information content (AvgIpc) is 2.88. The van der Waals surface area contributed by atoms with Crippen LogP contribution in [0.25, 0.3) is 0 Å². The zero-order chi connectivity index (χ0) is 14.3. The molecule has 1 heterocycles. The van der Waals surface area contributed by atoms with E-state index in [0.29, 0.717) is 19.0 Å². The molecule has 0 aromatic heterocycles. The van der Waals surface area contributed by atoms with Crippen LogP contribution in [0.2, 0.25) is 0 Å². The molecule has 6 heteroatoms. The number of nitrogens with one attached hydrogen (secondary N) is 1. The number of hydrogen-bond donors (Lipinski definition) is 3. The van der Waals surface area contributed by atoms with E-state index in [9.17, 15) is 4.79 Å². The summed E-state index contributed by atoms with van der Waals surface area (Å²) in [5, 5.41) is 14.6. The third-order valence-electron chi connectivity index (χ3n) is 3.78. The number of nitrogens with two attached hydrogens (primary N) is 1. The molecule has 1 saturated heterocycles. The standard InChI is InChI=1S/C13H26N4O2/c1-3-6-11(12(14)16-19)13(18)15-9-10-7-5-8-17(10)4-2/h10-11,19H,3-9H2,1-2H3,(H2,14,16)(H,15,18). The van der Waals surface area contributed by atoms with Crippen molar-refractivity contribution in [3.63, 3.8) is 0 Å². The van der Waals surface area contributed by atoms with Gasteiger partial charge in [-0.3, -0.25) is 9.69 Å². The van der Waals surface area contributed by atoms with Crippen LogP contribution >= 0.6 is 0 Å². The maximum absolute atomic E-state index is 12.1. The van der Waals surface area contributed by atoms with Crippen molar-refractivity contribution in [3.8, 4) is 0 Å². The zero-order valence-electron chi connectivity index (χ0n) is 11.9. The van der Waals surface area contributed by atoms with E-state index in [1.165, 1.54) is 6.42 Å². The number of rotatable bonds is 7. The number of likely N-dealkylation sites (N-methyl/N-ethyl adjacent to an activating group) is 1. The van der Waals surface area contributed by atoms with Gasteiger partial charge in [0.15, 0.2) is 5.84 Å². The molecule has 0 radical (unpaired) electrons. The van der Waals surface area contributed by atoms with E-state index in [4.69, 9.17) is 10.9 Å². The molecule has 1 rings (SSSR count). The van der Waals surface area contributed by atoms with Crippen LogP contribution in [0.3, 0.4) is 0 Å². The molecule has 0 aromatic carbocycles. The first kappa shape index (κ1) is 15.8. The van der Waals surface area contributed by atoms with Crippen molar-refractivity contribution in [3.05, 3.63) is 0 Å². The summed E-state index contributed by atoms with van der Waals surface area (Å²) in [6.07, 6.45) is 3.73. The minimum Gasteiger partial charge on any atom is -0.409 e. The fourth-order valence-electron chi connectivity index (χ4n) is 2.66. The Labute approximate surface area is 115 Å². The van der Waals surface area contributed by atoms with Gasteiger partial charge in [0.2, 0.25) is 5.91 Å². The lowest BCUT2D eigenvalue weighted by molar-refractivity contribution is -0.123. The molecule has 110 valence electrons. The van der Waals surface area contributed by atoms with E-state index in [-0.39, 0.29) is 11.7 Å². The molecule has 0 aliphatic carbocycles. The zero-order valence-corrected chi connectivity index (χ0v) is 11.9. The highest BCUT2D eigenvalue weighted by Gasteiger charge is 2.26. The van der Waals surface area contributed by atoms with E-state index in [1.54, 1.807) is 0 Å². The van der Waals surface area contributed by atoms with Crippen molar-refractivity contribution in [2.45, 2.75) is 45.6 Å². The van der Waals surface area contributed by atoms with Crippen LogP contribution in [0.15, 0.2) is 5.16 Å². The largest absolute Gasteiger partial charge is 0.409 e.